The van der Waals surface area contributed by atoms with Crippen LogP contribution in [0.15, 0.2) is 34.3 Å². The fraction of sp³-hybridized carbons (Fsp3) is 0.375. The number of aryl methyl sites for hydroxylation is 1. The highest BCUT2D eigenvalue weighted by molar-refractivity contribution is 7.13. The van der Waals surface area contributed by atoms with Crippen molar-refractivity contribution in [1.82, 2.24) is 20.3 Å². The average Bonchev–Trinajstić information content (AvgIpc) is 3.25. The van der Waals surface area contributed by atoms with Gasteiger partial charge in [-0.2, -0.15) is 5.10 Å². The quantitative estimate of drug-likeness (QED) is 0.796. The number of H-pyrrole nitrogens is 1. The highest BCUT2D eigenvalue weighted by atomic mass is 32.1. The Bertz CT molecular complexity index is 746. The Morgan fingerprint density at radius 2 is 2.45 bits per heavy atom. The molecule has 0 spiro atoms. The molecule has 1 atom stereocenters. The number of nitrogens with one attached hydrogen (secondary N) is 1. The highest BCUT2D eigenvalue weighted by Crippen LogP contribution is 2.34. The zero-order valence-electron chi connectivity index (χ0n) is 12.5. The molecule has 114 valence electrons. The minimum atomic E-state index is 0.350. The van der Waals surface area contributed by atoms with Gasteiger partial charge in [-0.15, -0.1) is 11.3 Å². The van der Waals surface area contributed by atoms with Gasteiger partial charge < -0.3 is 4.52 Å². The average molecular weight is 314 g/mol. The Kier molecular flexibility index (Phi) is 3.56. The lowest BCUT2D eigenvalue weighted by Crippen LogP contribution is -2.23. The first-order valence-electron chi connectivity index (χ1n) is 7.54. The van der Waals surface area contributed by atoms with Gasteiger partial charge in [0.05, 0.1) is 22.8 Å². The van der Waals surface area contributed by atoms with E-state index >= 15 is 0 Å². The van der Waals surface area contributed by atoms with Gasteiger partial charge in [-0.05, 0) is 37.8 Å². The van der Waals surface area contributed by atoms with Crippen molar-refractivity contribution in [3.63, 3.8) is 0 Å². The molecular formula is C16H18N4OS. The molecule has 0 aromatic carbocycles. The van der Waals surface area contributed by atoms with Crippen LogP contribution < -0.4 is 0 Å². The first-order chi connectivity index (χ1) is 10.8. The maximum Gasteiger partial charge on any atom is 0.133 e. The van der Waals surface area contributed by atoms with E-state index in [9.17, 15) is 0 Å². The van der Waals surface area contributed by atoms with Crippen LogP contribution in [-0.4, -0.2) is 26.8 Å². The third-order valence-electron chi connectivity index (χ3n) is 4.21. The second kappa shape index (κ2) is 5.70. The molecule has 1 saturated heterocycles. The van der Waals surface area contributed by atoms with E-state index in [1.807, 2.05) is 13.1 Å². The van der Waals surface area contributed by atoms with E-state index < -0.39 is 0 Å². The van der Waals surface area contributed by atoms with Crippen molar-refractivity contribution in [2.45, 2.75) is 32.4 Å². The Labute approximate surface area is 132 Å². The van der Waals surface area contributed by atoms with Crippen LogP contribution in [0.25, 0.3) is 10.6 Å². The minimum absolute atomic E-state index is 0.350. The molecule has 4 heterocycles. The SMILES string of the molecule is Cc1cc(C2CCCN2Cc2cn[nH]c2-c2cccs2)no1. The van der Waals surface area contributed by atoms with Crippen LogP contribution in [0.4, 0.5) is 0 Å². The van der Waals surface area contributed by atoms with Crippen molar-refractivity contribution in [2.75, 3.05) is 6.54 Å². The molecule has 5 nitrogen and oxygen atoms in total. The second-order valence-corrected chi connectivity index (χ2v) is 6.69. The number of aromatic amines is 1. The van der Waals surface area contributed by atoms with E-state index in [-0.39, 0.29) is 0 Å². The molecule has 0 aliphatic carbocycles. The topological polar surface area (TPSA) is 58.0 Å². The Hall–Kier alpha value is -1.92. The number of hydrogen-bond acceptors (Lipinski definition) is 5. The van der Waals surface area contributed by atoms with Crippen molar-refractivity contribution in [3.8, 4) is 10.6 Å². The summed E-state index contributed by atoms with van der Waals surface area (Å²) in [7, 11) is 0. The zero-order valence-corrected chi connectivity index (χ0v) is 13.3. The molecule has 0 saturated carbocycles. The summed E-state index contributed by atoms with van der Waals surface area (Å²) in [6.45, 7) is 3.92. The lowest BCUT2D eigenvalue weighted by Gasteiger charge is -2.22. The van der Waals surface area contributed by atoms with Gasteiger partial charge in [-0.1, -0.05) is 11.2 Å². The maximum absolute atomic E-state index is 5.25. The molecule has 1 aliphatic rings. The first kappa shape index (κ1) is 13.7. The van der Waals surface area contributed by atoms with Gasteiger partial charge in [0.25, 0.3) is 0 Å². The second-order valence-electron chi connectivity index (χ2n) is 5.74. The van der Waals surface area contributed by atoms with E-state index in [1.54, 1.807) is 11.3 Å². The lowest BCUT2D eigenvalue weighted by molar-refractivity contribution is 0.237. The highest BCUT2D eigenvalue weighted by Gasteiger charge is 2.29. The number of thiophene rings is 1. The van der Waals surface area contributed by atoms with Gasteiger partial charge in [-0.3, -0.25) is 10.00 Å². The maximum atomic E-state index is 5.25. The molecule has 1 fully saturated rings. The van der Waals surface area contributed by atoms with Gasteiger partial charge in [0.15, 0.2) is 0 Å². The van der Waals surface area contributed by atoms with E-state index in [0.717, 1.165) is 36.7 Å². The molecule has 0 radical (unpaired) electrons. The molecule has 1 unspecified atom stereocenters. The molecule has 3 aromatic heterocycles. The van der Waals surface area contributed by atoms with E-state index in [1.165, 1.54) is 16.9 Å². The van der Waals surface area contributed by atoms with Gasteiger partial charge in [0, 0.05) is 18.2 Å². The predicted octanol–water partition coefficient (Wildman–Crippen LogP) is 3.77. The lowest BCUT2D eigenvalue weighted by atomic mass is 10.1. The van der Waals surface area contributed by atoms with Crippen molar-refractivity contribution in [2.24, 2.45) is 0 Å². The Morgan fingerprint density at radius 1 is 1.50 bits per heavy atom. The summed E-state index contributed by atoms with van der Waals surface area (Å²) >= 11 is 1.74. The van der Waals surface area contributed by atoms with Crippen LogP contribution in [0, 0.1) is 6.92 Å². The zero-order chi connectivity index (χ0) is 14.9. The standard InChI is InChI=1S/C16H18N4OS/c1-11-8-13(19-21-11)14-4-2-6-20(14)10-12-9-17-18-16(12)15-5-3-7-22-15/h3,5,7-9,14H,2,4,6,10H2,1H3,(H,17,18). The molecular weight excluding hydrogens is 296 g/mol. The van der Waals surface area contributed by atoms with Crippen molar-refractivity contribution in [1.29, 1.82) is 0 Å². The molecule has 6 heteroatoms. The molecule has 0 amide bonds. The van der Waals surface area contributed by atoms with E-state index in [0.29, 0.717) is 6.04 Å². The van der Waals surface area contributed by atoms with Crippen LogP contribution in [0.5, 0.6) is 0 Å². The van der Waals surface area contributed by atoms with Crippen LogP contribution in [0.1, 0.15) is 35.9 Å². The summed E-state index contributed by atoms with van der Waals surface area (Å²) in [5, 5.41) is 13.7. The Morgan fingerprint density at radius 3 is 3.23 bits per heavy atom. The van der Waals surface area contributed by atoms with Crippen molar-refractivity contribution >= 4 is 11.3 Å². The molecule has 4 rings (SSSR count). The fourth-order valence-corrected chi connectivity index (χ4v) is 3.93. The Balaban J connectivity index is 1.57. The smallest absolute Gasteiger partial charge is 0.133 e. The van der Waals surface area contributed by atoms with Crippen LogP contribution >= 0.6 is 11.3 Å². The minimum Gasteiger partial charge on any atom is -0.361 e. The molecule has 0 bridgehead atoms. The number of likely N-dealkylation sites (tertiary alicyclic amines) is 1. The summed E-state index contributed by atoms with van der Waals surface area (Å²) in [4.78, 5) is 3.71. The van der Waals surface area contributed by atoms with Crippen molar-refractivity contribution < 1.29 is 4.52 Å². The van der Waals surface area contributed by atoms with Crippen LogP contribution in [-0.2, 0) is 6.54 Å². The summed E-state index contributed by atoms with van der Waals surface area (Å²) in [5.74, 6) is 0.879. The molecule has 1 aliphatic heterocycles. The van der Waals surface area contributed by atoms with Gasteiger partial charge in [-0.25, -0.2) is 0 Å². The summed E-state index contributed by atoms with van der Waals surface area (Å²) in [6, 6.07) is 6.60. The van der Waals surface area contributed by atoms with Crippen LogP contribution in [0.2, 0.25) is 0 Å². The number of hydrogen-bond donors (Lipinski definition) is 1. The largest absolute Gasteiger partial charge is 0.361 e. The summed E-state index contributed by atoms with van der Waals surface area (Å²) in [6.07, 6.45) is 4.28. The number of aromatic nitrogens is 3. The summed E-state index contributed by atoms with van der Waals surface area (Å²) < 4.78 is 5.25. The molecule has 1 N–H and O–H groups in total. The summed E-state index contributed by atoms with van der Waals surface area (Å²) in [5.41, 5.74) is 3.43. The van der Waals surface area contributed by atoms with Gasteiger partial charge in [0.2, 0.25) is 0 Å². The number of rotatable bonds is 4. The van der Waals surface area contributed by atoms with E-state index in [2.05, 4.69) is 43.8 Å². The first-order valence-corrected chi connectivity index (χ1v) is 8.42. The van der Waals surface area contributed by atoms with Crippen molar-refractivity contribution in [3.05, 3.63) is 46.8 Å². The number of nitrogens with zero attached hydrogens (tertiary/aromatic N) is 3. The predicted molar refractivity (Wildman–Crippen MR) is 85.5 cm³/mol. The molecule has 3 aromatic rings. The fourth-order valence-electron chi connectivity index (χ4n) is 3.18. The van der Waals surface area contributed by atoms with E-state index in [4.69, 9.17) is 4.52 Å². The van der Waals surface area contributed by atoms with Crippen LogP contribution in [0.3, 0.4) is 0 Å². The van der Waals surface area contributed by atoms with Gasteiger partial charge in [0.1, 0.15) is 11.5 Å². The third-order valence-corrected chi connectivity index (χ3v) is 5.10. The monoisotopic (exact) mass is 314 g/mol. The normalized spacial score (nSPS) is 19.0. The van der Waals surface area contributed by atoms with Gasteiger partial charge >= 0.3 is 0 Å². The molecule has 22 heavy (non-hydrogen) atoms. The third kappa shape index (κ3) is 2.48.